The van der Waals surface area contributed by atoms with Crippen molar-refractivity contribution in [3.8, 4) is 0 Å². The maximum Gasteiger partial charge on any atom is 0.265 e. The van der Waals surface area contributed by atoms with E-state index in [-0.39, 0.29) is 16.5 Å². The topological polar surface area (TPSA) is 110 Å². The van der Waals surface area contributed by atoms with E-state index in [1.807, 2.05) is 31.2 Å². The van der Waals surface area contributed by atoms with Gasteiger partial charge in [0.25, 0.3) is 10.0 Å². The van der Waals surface area contributed by atoms with Crippen molar-refractivity contribution in [2.45, 2.75) is 11.8 Å². The van der Waals surface area contributed by atoms with E-state index in [1.54, 1.807) is 30.3 Å². The van der Waals surface area contributed by atoms with E-state index >= 15 is 0 Å². The molecule has 0 saturated heterocycles. The summed E-state index contributed by atoms with van der Waals surface area (Å²) < 4.78 is 37.3. The second-order valence-corrected chi connectivity index (χ2v) is 9.58. The molecule has 0 unspecified atom stereocenters. The van der Waals surface area contributed by atoms with Crippen LogP contribution < -0.4 is 10.0 Å². The molecule has 5 rings (SSSR count). The Morgan fingerprint density at radius 3 is 2.34 bits per heavy atom. The van der Waals surface area contributed by atoms with Gasteiger partial charge in [0.05, 0.1) is 22.8 Å². The van der Waals surface area contributed by atoms with E-state index in [9.17, 15) is 8.42 Å². The molecule has 2 aromatic heterocycles. The molecule has 0 bridgehead atoms. The Kier molecular flexibility index (Phi) is 5.12. The number of halogens is 1. The largest absolute Gasteiger partial charge is 0.337 e. The fraction of sp³-hybridized carbons (Fsp3) is 0.0476. The first-order valence-electron chi connectivity index (χ1n) is 9.45. The third-order valence-corrected chi connectivity index (χ3v) is 7.09. The van der Waals surface area contributed by atoms with Crippen molar-refractivity contribution in [1.29, 1.82) is 0 Å². The minimum atomic E-state index is -4.02. The van der Waals surface area contributed by atoms with Crippen LogP contribution in [0, 0.1) is 6.92 Å². The number of fused-ring (bicyclic) bond motifs is 2. The highest BCUT2D eigenvalue weighted by molar-refractivity contribution is 7.93. The van der Waals surface area contributed by atoms with Crippen LogP contribution in [0.4, 0.5) is 17.3 Å². The van der Waals surface area contributed by atoms with Gasteiger partial charge in [-0.15, -0.1) is 0 Å². The minimum Gasteiger partial charge on any atom is -0.337 e. The molecule has 8 nitrogen and oxygen atoms in total. The fourth-order valence-corrected chi connectivity index (χ4v) is 5.10. The van der Waals surface area contributed by atoms with Crippen molar-refractivity contribution in [1.82, 2.24) is 18.7 Å². The number of hydrogen-bond donors (Lipinski definition) is 2. The highest BCUT2D eigenvalue weighted by Gasteiger charge is 2.23. The van der Waals surface area contributed by atoms with E-state index in [0.717, 1.165) is 17.3 Å². The Morgan fingerprint density at radius 1 is 0.875 bits per heavy atom. The van der Waals surface area contributed by atoms with Gasteiger partial charge < -0.3 is 5.32 Å². The molecule has 0 amide bonds. The van der Waals surface area contributed by atoms with Crippen molar-refractivity contribution in [2.75, 3.05) is 10.0 Å². The molecule has 0 spiro atoms. The molecule has 32 heavy (non-hydrogen) atoms. The second kappa shape index (κ2) is 7.97. The van der Waals surface area contributed by atoms with Gasteiger partial charge in [-0.25, -0.2) is 18.4 Å². The van der Waals surface area contributed by atoms with Crippen LogP contribution in [0.15, 0.2) is 65.6 Å². The molecule has 0 fully saturated rings. The molecule has 0 radical (unpaired) electrons. The molecule has 2 heterocycles. The summed E-state index contributed by atoms with van der Waals surface area (Å²) in [7, 11) is -4.02. The molecule has 160 valence electrons. The normalized spacial score (nSPS) is 11.7. The van der Waals surface area contributed by atoms with Crippen molar-refractivity contribution in [2.24, 2.45) is 0 Å². The van der Waals surface area contributed by atoms with Gasteiger partial charge in [-0.3, -0.25) is 4.72 Å². The predicted octanol–water partition coefficient (Wildman–Crippen LogP) is 5.14. The van der Waals surface area contributed by atoms with Crippen LogP contribution in [0.5, 0.6) is 0 Å². The Morgan fingerprint density at radius 2 is 1.59 bits per heavy atom. The van der Waals surface area contributed by atoms with Crippen molar-refractivity contribution >= 4 is 72.7 Å². The summed E-state index contributed by atoms with van der Waals surface area (Å²) >= 11 is 7.20. The number of anilines is 3. The number of nitrogens with one attached hydrogen (secondary N) is 2. The summed E-state index contributed by atoms with van der Waals surface area (Å²) in [5, 5.41) is 3.71. The first kappa shape index (κ1) is 20.6. The second-order valence-electron chi connectivity index (χ2n) is 6.99. The smallest absolute Gasteiger partial charge is 0.265 e. The average molecular weight is 483 g/mol. The van der Waals surface area contributed by atoms with Crippen LogP contribution in [0.3, 0.4) is 0 Å². The Labute approximate surface area is 192 Å². The highest BCUT2D eigenvalue weighted by atomic mass is 35.5. The monoisotopic (exact) mass is 482 g/mol. The van der Waals surface area contributed by atoms with Crippen LogP contribution in [0.1, 0.15) is 5.56 Å². The van der Waals surface area contributed by atoms with Gasteiger partial charge in [-0.05, 0) is 48.9 Å². The van der Waals surface area contributed by atoms with Gasteiger partial charge in [0.15, 0.2) is 11.6 Å². The Hall–Kier alpha value is -3.34. The standard InChI is InChI=1S/C21H15ClN6O2S2/c1-12-9-10-13(11-14(12)22)23-20-21(25-16-6-3-2-5-15(16)24-20)28-32(29,30)18-8-4-7-17-19(18)27-31-26-17/h2-11H,1H3,(H,23,24)(H,25,28). The summed E-state index contributed by atoms with van der Waals surface area (Å²) in [5.41, 5.74) is 3.55. The van der Waals surface area contributed by atoms with E-state index < -0.39 is 10.0 Å². The van der Waals surface area contributed by atoms with Gasteiger partial charge in [0, 0.05) is 10.7 Å². The van der Waals surface area contributed by atoms with Gasteiger partial charge in [-0.2, -0.15) is 8.75 Å². The third kappa shape index (κ3) is 3.83. The van der Waals surface area contributed by atoms with Crippen LogP contribution in [-0.2, 0) is 10.0 Å². The zero-order valence-corrected chi connectivity index (χ0v) is 19.0. The predicted molar refractivity (Wildman–Crippen MR) is 127 cm³/mol. The molecular weight excluding hydrogens is 468 g/mol. The zero-order valence-electron chi connectivity index (χ0n) is 16.6. The molecule has 5 aromatic rings. The quantitative estimate of drug-likeness (QED) is 0.357. The number of aryl methyl sites for hydroxylation is 1. The zero-order chi connectivity index (χ0) is 22.3. The number of rotatable bonds is 5. The first-order valence-corrected chi connectivity index (χ1v) is 12.0. The molecule has 0 saturated carbocycles. The number of hydrogen-bond acceptors (Lipinski definition) is 8. The van der Waals surface area contributed by atoms with Crippen LogP contribution in [0.25, 0.3) is 22.1 Å². The highest BCUT2D eigenvalue weighted by Crippen LogP contribution is 2.30. The Balaban J connectivity index is 1.61. The summed E-state index contributed by atoms with van der Waals surface area (Å²) in [6.45, 7) is 1.90. The number of sulfonamides is 1. The van der Waals surface area contributed by atoms with E-state index in [2.05, 4.69) is 28.8 Å². The van der Waals surface area contributed by atoms with Gasteiger partial charge in [0.2, 0.25) is 0 Å². The molecule has 0 aliphatic carbocycles. The average Bonchev–Trinajstić information content (AvgIpc) is 3.25. The molecular formula is C21H15ClN6O2S2. The lowest BCUT2D eigenvalue weighted by Crippen LogP contribution is -2.16. The van der Waals surface area contributed by atoms with Crippen LogP contribution in [0.2, 0.25) is 5.02 Å². The molecule has 0 atom stereocenters. The van der Waals surface area contributed by atoms with E-state index in [1.165, 1.54) is 6.07 Å². The van der Waals surface area contributed by atoms with Crippen molar-refractivity contribution in [3.63, 3.8) is 0 Å². The molecule has 3 aromatic carbocycles. The van der Waals surface area contributed by atoms with Crippen molar-refractivity contribution in [3.05, 3.63) is 71.2 Å². The summed E-state index contributed by atoms with van der Waals surface area (Å²) in [4.78, 5) is 9.11. The summed E-state index contributed by atoms with van der Waals surface area (Å²) in [6, 6.07) is 17.5. The minimum absolute atomic E-state index is 0.0167. The van der Waals surface area contributed by atoms with Gasteiger partial charge in [0.1, 0.15) is 15.9 Å². The summed E-state index contributed by atoms with van der Waals surface area (Å²) in [5.74, 6) is 0.302. The van der Waals surface area contributed by atoms with Gasteiger partial charge >= 0.3 is 0 Å². The first-order chi connectivity index (χ1) is 15.4. The number of para-hydroxylation sites is 2. The van der Waals surface area contributed by atoms with E-state index in [4.69, 9.17) is 11.6 Å². The SMILES string of the molecule is Cc1ccc(Nc2nc3ccccc3nc2NS(=O)(=O)c2cccc3nsnc23)cc1Cl. The molecule has 2 N–H and O–H groups in total. The Bertz CT molecular complexity index is 1590. The van der Waals surface area contributed by atoms with Crippen LogP contribution >= 0.6 is 23.3 Å². The lowest BCUT2D eigenvalue weighted by molar-refractivity contribution is 0.602. The number of nitrogens with zero attached hydrogens (tertiary/aromatic N) is 4. The number of aromatic nitrogens is 4. The van der Waals surface area contributed by atoms with Crippen molar-refractivity contribution < 1.29 is 8.42 Å². The fourth-order valence-electron chi connectivity index (χ4n) is 3.15. The maximum atomic E-state index is 13.3. The van der Waals surface area contributed by atoms with E-state index in [0.29, 0.717) is 32.8 Å². The van der Waals surface area contributed by atoms with Crippen LogP contribution in [-0.4, -0.2) is 27.1 Å². The lowest BCUT2D eigenvalue weighted by atomic mass is 10.2. The third-order valence-electron chi connectivity index (χ3n) is 4.77. The molecule has 11 heteroatoms. The lowest BCUT2D eigenvalue weighted by Gasteiger charge is -2.14. The number of benzene rings is 3. The molecule has 0 aliphatic rings. The molecule has 0 aliphatic heterocycles. The maximum absolute atomic E-state index is 13.3. The van der Waals surface area contributed by atoms with Gasteiger partial charge in [-0.1, -0.05) is 35.9 Å². The summed E-state index contributed by atoms with van der Waals surface area (Å²) in [6.07, 6.45) is 0.